The van der Waals surface area contributed by atoms with Gasteiger partial charge in [0.15, 0.2) is 23.0 Å². The number of hydrazone groups is 1. The van der Waals surface area contributed by atoms with E-state index in [4.69, 9.17) is 31.8 Å². The van der Waals surface area contributed by atoms with Crippen LogP contribution < -0.4 is 24.4 Å². The van der Waals surface area contributed by atoms with Crippen molar-refractivity contribution in [1.29, 1.82) is 0 Å². The number of ether oxygens (including phenoxy) is 4. The van der Waals surface area contributed by atoms with E-state index in [-0.39, 0.29) is 13.2 Å². The first-order chi connectivity index (χ1) is 17.5. The standard InChI is InChI=1S/C24H20Br2N6O4/c1-5-7-35-22-18(25)9-16(11-20(22)33-3)13-27-30-24-31-28-15-32(24)29-14-17-10-19(26)23(36-8-6-2)21(12-17)34-4/h1-2,9-15H,7-8H2,3-4H3,(H,30,31)/b27-13+,29-14+. The van der Waals surface area contributed by atoms with Crippen molar-refractivity contribution < 1.29 is 18.9 Å². The number of methoxy groups -OCH3 is 2. The lowest BCUT2D eigenvalue weighted by Crippen LogP contribution is -2.01. The summed E-state index contributed by atoms with van der Waals surface area (Å²) in [5, 5.41) is 16.4. The molecule has 0 unspecified atom stereocenters. The third-order valence-electron chi connectivity index (χ3n) is 4.34. The van der Waals surface area contributed by atoms with Crippen molar-refractivity contribution in [2.75, 3.05) is 32.9 Å². The summed E-state index contributed by atoms with van der Waals surface area (Å²) in [6, 6.07) is 7.14. The summed E-state index contributed by atoms with van der Waals surface area (Å²) in [5.74, 6) is 7.16. The molecule has 1 N–H and O–H groups in total. The number of halogens is 2. The number of benzene rings is 2. The van der Waals surface area contributed by atoms with Gasteiger partial charge in [-0.2, -0.15) is 14.9 Å². The molecule has 0 aliphatic heterocycles. The normalized spacial score (nSPS) is 10.7. The van der Waals surface area contributed by atoms with Gasteiger partial charge in [0.2, 0.25) is 0 Å². The first kappa shape index (κ1) is 26.6. The zero-order chi connectivity index (χ0) is 25.9. The molecule has 1 heterocycles. The summed E-state index contributed by atoms with van der Waals surface area (Å²) in [6.07, 6.45) is 15.2. The van der Waals surface area contributed by atoms with Crippen molar-refractivity contribution >= 4 is 50.2 Å². The van der Waals surface area contributed by atoms with E-state index < -0.39 is 0 Å². The van der Waals surface area contributed by atoms with Crippen LogP contribution in [0.2, 0.25) is 0 Å². The second kappa shape index (κ2) is 13.2. The Balaban J connectivity index is 1.74. The summed E-state index contributed by atoms with van der Waals surface area (Å²) < 4.78 is 24.6. The molecule has 36 heavy (non-hydrogen) atoms. The zero-order valence-electron chi connectivity index (χ0n) is 19.2. The number of nitrogens with one attached hydrogen (secondary N) is 1. The highest BCUT2D eigenvalue weighted by Crippen LogP contribution is 2.37. The van der Waals surface area contributed by atoms with Gasteiger partial charge < -0.3 is 18.9 Å². The summed E-state index contributed by atoms with van der Waals surface area (Å²) in [6.45, 7) is 0.236. The molecule has 3 rings (SSSR count). The lowest BCUT2D eigenvalue weighted by atomic mass is 10.2. The van der Waals surface area contributed by atoms with E-state index in [2.05, 4.69) is 69.5 Å². The van der Waals surface area contributed by atoms with Gasteiger partial charge >= 0.3 is 0 Å². The van der Waals surface area contributed by atoms with E-state index in [1.54, 1.807) is 24.6 Å². The van der Waals surface area contributed by atoms with Crippen LogP contribution in [0.4, 0.5) is 5.95 Å². The number of aromatic nitrogens is 3. The Kier molecular flexibility index (Phi) is 9.74. The minimum atomic E-state index is 0.117. The molecule has 0 aliphatic rings. The molecule has 2 aromatic carbocycles. The van der Waals surface area contributed by atoms with Crippen molar-refractivity contribution in [2.45, 2.75) is 0 Å². The molecule has 0 radical (unpaired) electrons. The third-order valence-corrected chi connectivity index (χ3v) is 5.52. The van der Waals surface area contributed by atoms with Crippen LogP contribution in [0, 0.1) is 24.7 Å². The average Bonchev–Trinajstić information content (AvgIpc) is 3.32. The Bertz CT molecular complexity index is 1360. The van der Waals surface area contributed by atoms with Crippen LogP contribution in [0.5, 0.6) is 23.0 Å². The van der Waals surface area contributed by atoms with E-state index >= 15 is 0 Å². The largest absolute Gasteiger partial charge is 0.493 e. The van der Waals surface area contributed by atoms with Crippen molar-refractivity contribution in [3.63, 3.8) is 0 Å². The highest BCUT2D eigenvalue weighted by molar-refractivity contribution is 9.11. The lowest BCUT2D eigenvalue weighted by Gasteiger charge is -2.11. The molecule has 184 valence electrons. The van der Waals surface area contributed by atoms with Crippen LogP contribution in [0.25, 0.3) is 0 Å². The Labute approximate surface area is 224 Å². The molecule has 12 heteroatoms. The monoisotopic (exact) mass is 614 g/mol. The molecule has 1 aromatic heterocycles. The van der Waals surface area contributed by atoms with Gasteiger partial charge in [0, 0.05) is 0 Å². The van der Waals surface area contributed by atoms with Crippen LogP contribution in [-0.4, -0.2) is 54.7 Å². The molecular formula is C24H20Br2N6O4. The van der Waals surface area contributed by atoms with E-state index in [0.717, 1.165) is 11.1 Å². The molecule has 0 amide bonds. The van der Waals surface area contributed by atoms with Gasteiger partial charge in [0.05, 0.1) is 35.6 Å². The fourth-order valence-electron chi connectivity index (χ4n) is 2.82. The van der Waals surface area contributed by atoms with Crippen molar-refractivity contribution in [1.82, 2.24) is 14.9 Å². The SMILES string of the molecule is C#CCOc1c(Br)cc(/C=N/Nc2nncn2/N=C/c2cc(Br)c(OCC#C)c(OC)c2)cc1OC. The molecule has 0 saturated carbocycles. The maximum absolute atomic E-state index is 5.53. The first-order valence-electron chi connectivity index (χ1n) is 10.1. The van der Waals surface area contributed by atoms with Crippen LogP contribution in [0.1, 0.15) is 11.1 Å². The van der Waals surface area contributed by atoms with Gasteiger partial charge in [0.25, 0.3) is 5.95 Å². The van der Waals surface area contributed by atoms with Crippen molar-refractivity contribution in [3.8, 4) is 47.7 Å². The third kappa shape index (κ3) is 6.78. The summed E-state index contributed by atoms with van der Waals surface area (Å²) in [4.78, 5) is 0. The minimum Gasteiger partial charge on any atom is -0.493 e. The molecule has 0 bridgehead atoms. The molecule has 0 saturated heterocycles. The molecule has 10 nitrogen and oxygen atoms in total. The van der Waals surface area contributed by atoms with Crippen LogP contribution >= 0.6 is 31.9 Å². The zero-order valence-corrected chi connectivity index (χ0v) is 22.4. The van der Waals surface area contributed by atoms with E-state index in [1.807, 2.05) is 12.1 Å². The molecule has 3 aromatic rings. The maximum atomic E-state index is 5.53. The average molecular weight is 616 g/mol. The second-order valence-electron chi connectivity index (χ2n) is 6.67. The van der Waals surface area contributed by atoms with Gasteiger partial charge in [-0.25, -0.2) is 5.43 Å². The lowest BCUT2D eigenvalue weighted by molar-refractivity contribution is 0.329. The number of terminal acetylenes is 2. The predicted molar refractivity (Wildman–Crippen MR) is 144 cm³/mol. The number of rotatable bonds is 11. The topological polar surface area (TPSA) is 104 Å². The summed E-state index contributed by atoms with van der Waals surface area (Å²) in [5.41, 5.74) is 4.28. The molecule has 0 spiro atoms. The molecular weight excluding hydrogens is 596 g/mol. The number of nitrogens with zero attached hydrogens (tertiary/aromatic N) is 5. The van der Waals surface area contributed by atoms with Crippen LogP contribution in [0.3, 0.4) is 0 Å². The Morgan fingerprint density at radius 1 is 0.944 bits per heavy atom. The Morgan fingerprint density at radius 2 is 1.50 bits per heavy atom. The maximum Gasteiger partial charge on any atom is 0.265 e. The smallest absolute Gasteiger partial charge is 0.265 e. The number of hydrogen-bond acceptors (Lipinski definition) is 9. The molecule has 0 atom stereocenters. The highest BCUT2D eigenvalue weighted by Gasteiger charge is 2.12. The number of anilines is 1. The van der Waals surface area contributed by atoms with Gasteiger partial charge in [-0.3, -0.25) is 0 Å². The fourth-order valence-corrected chi connectivity index (χ4v) is 3.97. The summed E-state index contributed by atoms with van der Waals surface area (Å²) >= 11 is 6.92. The molecule has 0 fully saturated rings. The predicted octanol–water partition coefficient (Wildman–Crippen LogP) is 4.17. The van der Waals surface area contributed by atoms with Crippen LogP contribution in [-0.2, 0) is 0 Å². The van der Waals surface area contributed by atoms with Gasteiger partial charge in [0.1, 0.15) is 19.5 Å². The van der Waals surface area contributed by atoms with E-state index in [1.165, 1.54) is 25.2 Å². The van der Waals surface area contributed by atoms with Crippen LogP contribution in [0.15, 0.2) is 49.7 Å². The van der Waals surface area contributed by atoms with E-state index in [9.17, 15) is 0 Å². The Morgan fingerprint density at radius 3 is 2.03 bits per heavy atom. The second-order valence-corrected chi connectivity index (χ2v) is 8.38. The van der Waals surface area contributed by atoms with Crippen molar-refractivity contribution in [2.24, 2.45) is 10.2 Å². The molecule has 0 aliphatic carbocycles. The van der Waals surface area contributed by atoms with Gasteiger partial charge in [-0.05, 0) is 67.3 Å². The highest BCUT2D eigenvalue weighted by atomic mass is 79.9. The first-order valence-corrected chi connectivity index (χ1v) is 11.7. The van der Waals surface area contributed by atoms with Gasteiger partial charge in [-0.15, -0.1) is 23.0 Å². The number of hydrogen-bond donors (Lipinski definition) is 1. The van der Waals surface area contributed by atoms with Gasteiger partial charge in [-0.1, -0.05) is 11.8 Å². The minimum absolute atomic E-state index is 0.117. The summed E-state index contributed by atoms with van der Waals surface area (Å²) in [7, 11) is 3.08. The fraction of sp³-hybridized carbons (Fsp3) is 0.167. The Hall–Kier alpha value is -4.00. The van der Waals surface area contributed by atoms with Crippen molar-refractivity contribution in [3.05, 3.63) is 50.7 Å². The quantitative estimate of drug-likeness (QED) is 0.196. The van der Waals surface area contributed by atoms with E-state index in [0.29, 0.717) is 37.9 Å².